The zero-order valence-electron chi connectivity index (χ0n) is 6.62. The molecule has 0 radical (unpaired) electrons. The quantitative estimate of drug-likeness (QED) is 0.545. The van der Waals surface area contributed by atoms with E-state index in [-0.39, 0.29) is 0 Å². The first-order valence-corrected chi connectivity index (χ1v) is 3.97. The average molecular weight is 145 g/mol. The Morgan fingerprint density at radius 2 is 2.45 bits per heavy atom. The Balaban J connectivity index is 2.46. The van der Waals surface area contributed by atoms with Crippen LogP contribution in [0, 0.1) is 5.92 Å². The van der Waals surface area contributed by atoms with Gasteiger partial charge in [-0.3, -0.25) is 4.98 Å². The molecule has 0 aliphatic heterocycles. The van der Waals surface area contributed by atoms with E-state index in [0.29, 0.717) is 5.92 Å². The van der Waals surface area contributed by atoms with Crippen LogP contribution in [-0.2, 0) is 6.42 Å². The number of allylic oxidation sites excluding steroid dienone is 1. The summed E-state index contributed by atoms with van der Waals surface area (Å²) in [5, 5.41) is 0. The van der Waals surface area contributed by atoms with Crippen molar-refractivity contribution in [3.63, 3.8) is 0 Å². The minimum atomic E-state index is 0.673. The van der Waals surface area contributed by atoms with Crippen LogP contribution in [0.1, 0.15) is 18.1 Å². The molecule has 1 nitrogen and oxygen atoms in total. The summed E-state index contributed by atoms with van der Waals surface area (Å²) in [4.78, 5) is 4.10. The second-order valence-corrected chi connectivity index (χ2v) is 3.12. The first-order valence-electron chi connectivity index (χ1n) is 3.97. The minimum Gasteiger partial charge on any atom is -0.264 e. The van der Waals surface area contributed by atoms with Crippen molar-refractivity contribution in [3.05, 3.63) is 35.7 Å². The lowest BCUT2D eigenvalue weighted by molar-refractivity contribution is 0.714. The van der Waals surface area contributed by atoms with Crippen molar-refractivity contribution in [1.29, 1.82) is 0 Å². The standard InChI is InChI=1S/C10H11N/c1-8-2-3-9-4-5-11-7-10(9)6-8/h2-5,7-8H,6H2,1H3. The molecule has 0 N–H and O–H groups in total. The van der Waals surface area contributed by atoms with Gasteiger partial charge in [0, 0.05) is 12.4 Å². The van der Waals surface area contributed by atoms with Gasteiger partial charge in [0.05, 0.1) is 0 Å². The summed E-state index contributed by atoms with van der Waals surface area (Å²) in [6.45, 7) is 2.23. The molecule has 1 atom stereocenters. The highest BCUT2D eigenvalue weighted by Crippen LogP contribution is 2.20. The lowest BCUT2D eigenvalue weighted by Crippen LogP contribution is -2.02. The monoisotopic (exact) mass is 145 g/mol. The molecule has 1 unspecified atom stereocenters. The van der Waals surface area contributed by atoms with Crippen molar-refractivity contribution in [2.45, 2.75) is 13.3 Å². The predicted molar refractivity (Wildman–Crippen MR) is 46.1 cm³/mol. The number of rotatable bonds is 0. The summed E-state index contributed by atoms with van der Waals surface area (Å²) in [5.74, 6) is 0.673. The van der Waals surface area contributed by atoms with E-state index in [1.54, 1.807) is 0 Å². The van der Waals surface area contributed by atoms with Gasteiger partial charge in [-0.1, -0.05) is 19.1 Å². The van der Waals surface area contributed by atoms with Gasteiger partial charge >= 0.3 is 0 Å². The fourth-order valence-corrected chi connectivity index (χ4v) is 1.45. The summed E-state index contributed by atoms with van der Waals surface area (Å²) < 4.78 is 0. The number of nitrogens with zero attached hydrogens (tertiary/aromatic N) is 1. The lowest BCUT2D eigenvalue weighted by Gasteiger charge is -2.13. The van der Waals surface area contributed by atoms with Crippen LogP contribution in [-0.4, -0.2) is 4.98 Å². The molecule has 0 aromatic carbocycles. The average Bonchev–Trinajstić information content (AvgIpc) is 2.04. The Bertz CT molecular complexity index is 289. The van der Waals surface area contributed by atoms with Crippen LogP contribution in [0.2, 0.25) is 0 Å². The molecule has 2 rings (SSSR count). The summed E-state index contributed by atoms with van der Waals surface area (Å²) in [5.41, 5.74) is 2.71. The summed E-state index contributed by atoms with van der Waals surface area (Å²) in [6, 6.07) is 2.07. The molecule has 1 aromatic heterocycles. The third-order valence-electron chi connectivity index (χ3n) is 2.09. The largest absolute Gasteiger partial charge is 0.264 e. The molecule has 0 bridgehead atoms. The molecule has 0 fully saturated rings. The zero-order chi connectivity index (χ0) is 7.68. The van der Waals surface area contributed by atoms with E-state index in [2.05, 4.69) is 30.1 Å². The van der Waals surface area contributed by atoms with Crippen molar-refractivity contribution in [2.75, 3.05) is 0 Å². The Kier molecular flexibility index (Phi) is 1.50. The van der Waals surface area contributed by atoms with Gasteiger partial charge in [0.15, 0.2) is 0 Å². The van der Waals surface area contributed by atoms with Crippen LogP contribution in [0.15, 0.2) is 24.5 Å². The molecule has 0 spiro atoms. The molecule has 0 saturated carbocycles. The Morgan fingerprint density at radius 1 is 1.55 bits per heavy atom. The maximum atomic E-state index is 4.10. The summed E-state index contributed by atoms with van der Waals surface area (Å²) in [6.07, 6.45) is 9.39. The van der Waals surface area contributed by atoms with Crippen molar-refractivity contribution in [1.82, 2.24) is 4.98 Å². The van der Waals surface area contributed by atoms with E-state index < -0.39 is 0 Å². The van der Waals surface area contributed by atoms with Crippen molar-refractivity contribution >= 4 is 6.08 Å². The Morgan fingerprint density at radius 3 is 3.36 bits per heavy atom. The third kappa shape index (κ3) is 1.18. The molecule has 1 aromatic rings. The van der Waals surface area contributed by atoms with Crippen molar-refractivity contribution in [2.24, 2.45) is 5.92 Å². The molecule has 11 heavy (non-hydrogen) atoms. The Labute approximate surface area is 66.8 Å². The van der Waals surface area contributed by atoms with Gasteiger partial charge in [0.1, 0.15) is 0 Å². The highest BCUT2D eigenvalue weighted by atomic mass is 14.6. The van der Waals surface area contributed by atoms with Crippen LogP contribution in [0.4, 0.5) is 0 Å². The van der Waals surface area contributed by atoms with Gasteiger partial charge in [0.2, 0.25) is 0 Å². The fraction of sp³-hybridized carbons (Fsp3) is 0.300. The van der Waals surface area contributed by atoms with Gasteiger partial charge in [0.25, 0.3) is 0 Å². The molecule has 1 aliphatic rings. The van der Waals surface area contributed by atoms with Gasteiger partial charge in [-0.15, -0.1) is 0 Å². The van der Waals surface area contributed by atoms with Crippen LogP contribution in [0.5, 0.6) is 0 Å². The number of hydrogen-bond acceptors (Lipinski definition) is 1. The van der Waals surface area contributed by atoms with Crippen LogP contribution in [0.25, 0.3) is 6.08 Å². The first kappa shape index (κ1) is 6.59. The first-order chi connectivity index (χ1) is 5.36. The maximum Gasteiger partial charge on any atom is 0.0306 e. The number of fused-ring (bicyclic) bond motifs is 1. The number of aromatic nitrogens is 1. The van der Waals surface area contributed by atoms with Gasteiger partial charge in [-0.25, -0.2) is 0 Å². The summed E-state index contributed by atoms with van der Waals surface area (Å²) >= 11 is 0. The van der Waals surface area contributed by atoms with Gasteiger partial charge in [-0.05, 0) is 29.5 Å². The van der Waals surface area contributed by atoms with Crippen LogP contribution >= 0.6 is 0 Å². The molecule has 0 amide bonds. The molecule has 0 saturated heterocycles. The molecule has 1 heterocycles. The SMILES string of the molecule is CC1C=Cc2ccncc2C1. The normalized spacial score (nSPS) is 21.4. The highest BCUT2D eigenvalue weighted by Gasteiger charge is 2.08. The smallest absolute Gasteiger partial charge is 0.0306 e. The van der Waals surface area contributed by atoms with E-state index in [1.807, 2.05) is 12.4 Å². The van der Waals surface area contributed by atoms with Crippen molar-refractivity contribution < 1.29 is 0 Å². The minimum absolute atomic E-state index is 0.673. The van der Waals surface area contributed by atoms with E-state index >= 15 is 0 Å². The van der Waals surface area contributed by atoms with Crippen molar-refractivity contribution in [3.8, 4) is 0 Å². The molecule has 1 heteroatoms. The molecular weight excluding hydrogens is 134 g/mol. The second-order valence-electron chi connectivity index (χ2n) is 3.12. The number of pyridine rings is 1. The third-order valence-corrected chi connectivity index (χ3v) is 2.09. The van der Waals surface area contributed by atoms with Crippen LogP contribution < -0.4 is 0 Å². The maximum absolute atomic E-state index is 4.10. The zero-order valence-corrected chi connectivity index (χ0v) is 6.62. The van der Waals surface area contributed by atoms with E-state index in [1.165, 1.54) is 11.1 Å². The van der Waals surface area contributed by atoms with E-state index in [0.717, 1.165) is 6.42 Å². The molecule has 1 aliphatic carbocycles. The predicted octanol–water partition coefficient (Wildman–Crippen LogP) is 2.29. The molecular formula is C10H11N. The molecule has 56 valence electrons. The van der Waals surface area contributed by atoms with E-state index in [4.69, 9.17) is 0 Å². The van der Waals surface area contributed by atoms with Gasteiger partial charge < -0.3 is 0 Å². The topological polar surface area (TPSA) is 12.9 Å². The highest BCUT2D eigenvalue weighted by molar-refractivity contribution is 5.55. The second kappa shape index (κ2) is 2.50. The lowest BCUT2D eigenvalue weighted by atomic mass is 9.92. The fourth-order valence-electron chi connectivity index (χ4n) is 1.45. The Hall–Kier alpha value is -1.11. The van der Waals surface area contributed by atoms with Crippen LogP contribution in [0.3, 0.4) is 0 Å². The van der Waals surface area contributed by atoms with Gasteiger partial charge in [-0.2, -0.15) is 0 Å². The van der Waals surface area contributed by atoms with E-state index in [9.17, 15) is 0 Å². The number of hydrogen-bond donors (Lipinski definition) is 0. The summed E-state index contributed by atoms with van der Waals surface area (Å²) in [7, 11) is 0.